The number of ether oxygens (including phenoxy) is 1. The Labute approximate surface area is 169 Å². The van der Waals surface area contributed by atoms with E-state index in [-0.39, 0.29) is 5.91 Å². The number of carbonyl (C=O) groups is 1. The monoisotopic (exact) mass is 392 g/mol. The second kappa shape index (κ2) is 8.57. The van der Waals surface area contributed by atoms with Crippen LogP contribution in [-0.4, -0.2) is 28.9 Å². The van der Waals surface area contributed by atoms with Crippen LogP contribution in [0.2, 0.25) is 0 Å². The van der Waals surface area contributed by atoms with E-state index in [1.807, 2.05) is 47.5 Å². The molecule has 0 saturated carbocycles. The number of carbonyl (C=O) groups excluding carboxylic acids is 1. The van der Waals surface area contributed by atoms with Gasteiger partial charge in [0.05, 0.1) is 10.7 Å². The predicted molar refractivity (Wildman–Crippen MR) is 112 cm³/mol. The highest BCUT2D eigenvalue weighted by molar-refractivity contribution is 7.09. The number of aromatic nitrogens is 1. The van der Waals surface area contributed by atoms with Gasteiger partial charge >= 0.3 is 0 Å². The topological polar surface area (TPSA) is 42.4 Å². The highest BCUT2D eigenvalue weighted by Gasteiger charge is 2.24. The average Bonchev–Trinajstić information content (AvgIpc) is 3.18. The van der Waals surface area contributed by atoms with Gasteiger partial charge in [-0.2, -0.15) is 0 Å². The summed E-state index contributed by atoms with van der Waals surface area (Å²) in [6.45, 7) is 4.04. The van der Waals surface area contributed by atoms with Crippen molar-refractivity contribution in [3.05, 3.63) is 81.8 Å². The van der Waals surface area contributed by atoms with Crippen LogP contribution in [0, 0.1) is 6.92 Å². The molecule has 0 aliphatic carbocycles. The number of thiazole rings is 1. The molecule has 0 atom stereocenters. The van der Waals surface area contributed by atoms with E-state index in [4.69, 9.17) is 4.74 Å². The van der Waals surface area contributed by atoms with Crippen molar-refractivity contribution in [2.45, 2.75) is 32.3 Å². The maximum Gasteiger partial charge on any atom is 0.253 e. The van der Waals surface area contributed by atoms with Crippen molar-refractivity contribution >= 4 is 17.2 Å². The first-order valence-electron chi connectivity index (χ1n) is 9.67. The fourth-order valence-electron chi connectivity index (χ4n) is 3.65. The maximum absolute atomic E-state index is 12.8. The minimum atomic E-state index is 0.105. The molecule has 4 rings (SSSR count). The minimum Gasteiger partial charge on any atom is -0.487 e. The Kier molecular flexibility index (Phi) is 5.72. The summed E-state index contributed by atoms with van der Waals surface area (Å²) in [5, 5.41) is 3.04. The number of hydrogen-bond acceptors (Lipinski definition) is 4. The van der Waals surface area contributed by atoms with Crippen molar-refractivity contribution in [1.82, 2.24) is 9.88 Å². The van der Waals surface area contributed by atoms with Crippen LogP contribution in [0.3, 0.4) is 0 Å². The van der Waals surface area contributed by atoms with Crippen molar-refractivity contribution in [3.63, 3.8) is 0 Å². The van der Waals surface area contributed by atoms with Crippen LogP contribution >= 0.6 is 11.3 Å². The standard InChI is InChI=1S/C23H24N2O2S/c1-17-24-21(16-28-17)15-27-22-9-7-20(8-10-22)23(26)25-13-11-19(12-14-25)18-5-3-2-4-6-18/h2-10,16,19H,11-15H2,1H3. The van der Waals surface area contributed by atoms with Crippen LogP contribution in [0.5, 0.6) is 5.75 Å². The molecule has 1 aliphatic rings. The molecule has 1 amide bonds. The lowest BCUT2D eigenvalue weighted by Crippen LogP contribution is -2.37. The van der Waals surface area contributed by atoms with Gasteiger partial charge in [-0.05, 0) is 55.5 Å². The molecule has 2 aromatic carbocycles. The summed E-state index contributed by atoms with van der Waals surface area (Å²) in [5.41, 5.74) is 3.03. The molecule has 28 heavy (non-hydrogen) atoms. The largest absolute Gasteiger partial charge is 0.487 e. The molecule has 0 N–H and O–H groups in total. The van der Waals surface area contributed by atoms with Gasteiger partial charge in [0, 0.05) is 24.0 Å². The zero-order valence-electron chi connectivity index (χ0n) is 16.0. The average molecular weight is 393 g/mol. The molecule has 0 unspecified atom stereocenters. The Morgan fingerprint density at radius 3 is 2.46 bits per heavy atom. The molecule has 1 aliphatic heterocycles. The van der Waals surface area contributed by atoms with Gasteiger partial charge < -0.3 is 9.64 Å². The summed E-state index contributed by atoms with van der Waals surface area (Å²) < 4.78 is 5.77. The molecule has 1 aromatic heterocycles. The Morgan fingerprint density at radius 1 is 1.11 bits per heavy atom. The van der Waals surface area contributed by atoms with Gasteiger partial charge in [0.2, 0.25) is 0 Å². The van der Waals surface area contributed by atoms with Gasteiger partial charge in [-0.3, -0.25) is 4.79 Å². The van der Waals surface area contributed by atoms with Crippen LogP contribution in [0.4, 0.5) is 0 Å². The predicted octanol–water partition coefficient (Wildman–Crippen LogP) is 5.05. The van der Waals surface area contributed by atoms with Crippen molar-refractivity contribution in [1.29, 1.82) is 0 Å². The van der Waals surface area contributed by atoms with Gasteiger partial charge in [0.15, 0.2) is 0 Å². The molecule has 1 fully saturated rings. The smallest absolute Gasteiger partial charge is 0.253 e. The van der Waals surface area contributed by atoms with E-state index < -0.39 is 0 Å². The van der Waals surface area contributed by atoms with Gasteiger partial charge in [-0.1, -0.05) is 30.3 Å². The Balaban J connectivity index is 1.31. The van der Waals surface area contributed by atoms with Gasteiger partial charge in [0.25, 0.3) is 5.91 Å². The second-order valence-corrected chi connectivity index (χ2v) is 8.21. The normalized spacial score (nSPS) is 14.8. The molecule has 0 radical (unpaired) electrons. The fourth-order valence-corrected chi connectivity index (χ4v) is 4.25. The van der Waals surface area contributed by atoms with E-state index in [9.17, 15) is 4.79 Å². The van der Waals surface area contributed by atoms with Crippen molar-refractivity contribution in [2.24, 2.45) is 0 Å². The summed E-state index contributed by atoms with van der Waals surface area (Å²) >= 11 is 1.62. The minimum absolute atomic E-state index is 0.105. The van der Waals surface area contributed by atoms with E-state index in [1.54, 1.807) is 11.3 Å². The molecule has 144 valence electrons. The van der Waals surface area contributed by atoms with Crippen molar-refractivity contribution < 1.29 is 9.53 Å². The van der Waals surface area contributed by atoms with E-state index >= 15 is 0 Å². The zero-order valence-corrected chi connectivity index (χ0v) is 16.8. The lowest BCUT2D eigenvalue weighted by atomic mass is 9.89. The summed E-state index contributed by atoms with van der Waals surface area (Å²) in [5.74, 6) is 1.41. The molecular weight excluding hydrogens is 368 g/mol. The number of piperidine rings is 1. The number of hydrogen-bond donors (Lipinski definition) is 0. The number of benzene rings is 2. The summed E-state index contributed by atoms with van der Waals surface area (Å²) in [7, 11) is 0. The third-order valence-electron chi connectivity index (χ3n) is 5.21. The number of nitrogens with zero attached hydrogens (tertiary/aromatic N) is 2. The third-order valence-corrected chi connectivity index (χ3v) is 6.03. The third kappa shape index (κ3) is 4.42. The first-order chi connectivity index (χ1) is 13.7. The lowest BCUT2D eigenvalue weighted by molar-refractivity contribution is 0.0713. The maximum atomic E-state index is 12.8. The van der Waals surface area contributed by atoms with E-state index in [1.165, 1.54) is 5.56 Å². The van der Waals surface area contributed by atoms with Crippen molar-refractivity contribution in [2.75, 3.05) is 13.1 Å². The molecule has 4 nitrogen and oxygen atoms in total. The first kappa shape index (κ1) is 18.7. The molecular formula is C23H24N2O2S. The van der Waals surface area contributed by atoms with Gasteiger partial charge in [-0.15, -0.1) is 11.3 Å². The van der Waals surface area contributed by atoms with Crippen molar-refractivity contribution in [3.8, 4) is 5.75 Å². The molecule has 5 heteroatoms. The number of rotatable bonds is 5. The molecule has 2 heterocycles. The quantitative estimate of drug-likeness (QED) is 0.610. The van der Waals surface area contributed by atoms with E-state index in [0.29, 0.717) is 12.5 Å². The fraction of sp³-hybridized carbons (Fsp3) is 0.304. The zero-order chi connectivity index (χ0) is 19.3. The SMILES string of the molecule is Cc1nc(COc2ccc(C(=O)N3CCC(c4ccccc4)CC3)cc2)cs1. The van der Waals surface area contributed by atoms with Gasteiger partial charge in [0.1, 0.15) is 12.4 Å². The van der Waals surface area contributed by atoms with Gasteiger partial charge in [-0.25, -0.2) is 4.98 Å². The van der Waals surface area contributed by atoms with Crippen LogP contribution in [0.1, 0.15) is 45.4 Å². The van der Waals surface area contributed by atoms with E-state index in [2.05, 4.69) is 29.2 Å². The van der Waals surface area contributed by atoms with Crippen LogP contribution < -0.4 is 4.74 Å². The van der Waals surface area contributed by atoms with E-state index in [0.717, 1.165) is 47.9 Å². The Morgan fingerprint density at radius 2 is 1.82 bits per heavy atom. The summed E-state index contributed by atoms with van der Waals surface area (Å²) in [4.78, 5) is 19.2. The molecule has 3 aromatic rings. The number of aryl methyl sites for hydroxylation is 1. The Bertz CT molecular complexity index is 913. The van der Waals surface area contributed by atoms with Crippen LogP contribution in [0.25, 0.3) is 0 Å². The second-order valence-electron chi connectivity index (χ2n) is 7.15. The first-order valence-corrected chi connectivity index (χ1v) is 10.5. The van der Waals surface area contributed by atoms with Crippen LogP contribution in [-0.2, 0) is 6.61 Å². The highest BCUT2D eigenvalue weighted by Crippen LogP contribution is 2.28. The molecule has 0 spiro atoms. The molecule has 1 saturated heterocycles. The summed E-state index contributed by atoms with van der Waals surface area (Å²) in [6.07, 6.45) is 2.04. The molecule has 0 bridgehead atoms. The summed E-state index contributed by atoms with van der Waals surface area (Å²) in [6, 6.07) is 18.0. The Hall–Kier alpha value is -2.66. The number of likely N-dealkylation sites (tertiary alicyclic amines) is 1. The highest BCUT2D eigenvalue weighted by atomic mass is 32.1. The number of amides is 1. The lowest BCUT2D eigenvalue weighted by Gasteiger charge is -2.32. The van der Waals surface area contributed by atoms with Crippen LogP contribution in [0.15, 0.2) is 60.0 Å².